The van der Waals surface area contributed by atoms with Crippen molar-refractivity contribution >= 4 is 11.8 Å². The topological polar surface area (TPSA) is 58.6 Å². The van der Waals surface area contributed by atoms with Crippen LogP contribution in [-0.2, 0) is 11.3 Å². The zero-order valence-electron chi connectivity index (χ0n) is 15.8. The van der Waals surface area contributed by atoms with Gasteiger partial charge in [0.2, 0.25) is 5.91 Å². The fraction of sp³-hybridized carbons (Fsp3) is 0.333. The molecule has 0 radical (unpaired) electrons. The maximum atomic E-state index is 12.4. The second-order valence-electron chi connectivity index (χ2n) is 6.93. The van der Waals surface area contributed by atoms with Crippen LogP contribution < -0.4 is 10.1 Å². The predicted molar refractivity (Wildman–Crippen MR) is 100 cm³/mol. The van der Waals surface area contributed by atoms with Crippen molar-refractivity contribution in [2.45, 2.75) is 38.7 Å². The Bertz CT molecular complexity index is 864. The third-order valence-corrected chi connectivity index (χ3v) is 4.72. The molecule has 2 aromatic carbocycles. The van der Waals surface area contributed by atoms with Crippen LogP contribution in [0, 0.1) is 0 Å². The van der Waals surface area contributed by atoms with Gasteiger partial charge in [0.25, 0.3) is 5.91 Å². The highest BCUT2D eigenvalue weighted by molar-refractivity contribution is 5.94. The number of likely N-dealkylation sites (tertiary alicyclic amines) is 1. The fourth-order valence-electron chi connectivity index (χ4n) is 3.17. The van der Waals surface area contributed by atoms with Crippen molar-refractivity contribution in [3.05, 3.63) is 65.2 Å². The van der Waals surface area contributed by atoms with E-state index >= 15 is 0 Å². The zero-order chi connectivity index (χ0) is 21.0. The lowest BCUT2D eigenvalue weighted by atomic mass is 10.1. The summed E-state index contributed by atoms with van der Waals surface area (Å²) in [6, 6.07) is 12.0. The third-order valence-electron chi connectivity index (χ3n) is 4.72. The van der Waals surface area contributed by atoms with Gasteiger partial charge in [-0.15, -0.1) is 13.2 Å². The van der Waals surface area contributed by atoms with Gasteiger partial charge in [-0.3, -0.25) is 9.59 Å². The average Bonchev–Trinajstić information content (AvgIpc) is 3.06. The van der Waals surface area contributed by atoms with E-state index in [2.05, 4.69) is 10.1 Å². The molecular weight excluding hydrogens is 385 g/mol. The SMILES string of the molecule is CC(NC(=O)c1ccc(CN2CCCC2=O)cc1)c1ccc(OC(F)(F)F)cc1. The van der Waals surface area contributed by atoms with Gasteiger partial charge in [-0.05, 0) is 48.7 Å². The lowest BCUT2D eigenvalue weighted by Crippen LogP contribution is -2.27. The summed E-state index contributed by atoms with van der Waals surface area (Å²) in [7, 11) is 0. The van der Waals surface area contributed by atoms with Crippen molar-refractivity contribution in [1.82, 2.24) is 10.2 Å². The zero-order valence-corrected chi connectivity index (χ0v) is 15.8. The Labute approximate surface area is 166 Å². The maximum absolute atomic E-state index is 12.4. The first kappa shape index (κ1) is 20.7. The first-order valence-electron chi connectivity index (χ1n) is 9.24. The number of rotatable bonds is 6. The molecule has 0 bridgehead atoms. The molecule has 1 fully saturated rings. The van der Waals surface area contributed by atoms with E-state index in [4.69, 9.17) is 0 Å². The molecule has 0 saturated carbocycles. The van der Waals surface area contributed by atoms with E-state index < -0.39 is 12.4 Å². The number of benzene rings is 2. The molecule has 2 amide bonds. The van der Waals surface area contributed by atoms with Crippen LogP contribution in [0.2, 0.25) is 0 Å². The lowest BCUT2D eigenvalue weighted by Gasteiger charge is -2.17. The summed E-state index contributed by atoms with van der Waals surface area (Å²) < 4.78 is 40.5. The molecule has 1 aliphatic heterocycles. The standard InChI is InChI=1S/C21H21F3N2O3/c1-14(16-8-10-18(11-9-16)29-21(22,23)24)25-20(28)17-6-4-15(5-7-17)13-26-12-2-3-19(26)27/h4-11,14H,2-3,12-13H2,1H3,(H,25,28). The molecule has 1 saturated heterocycles. The minimum atomic E-state index is -4.74. The van der Waals surface area contributed by atoms with E-state index in [9.17, 15) is 22.8 Å². The molecule has 1 unspecified atom stereocenters. The number of amides is 2. The van der Waals surface area contributed by atoms with Gasteiger partial charge in [0, 0.05) is 25.1 Å². The van der Waals surface area contributed by atoms with Crippen molar-refractivity contribution in [3.63, 3.8) is 0 Å². The molecule has 2 aromatic rings. The maximum Gasteiger partial charge on any atom is 0.573 e. The Hall–Kier alpha value is -3.03. The van der Waals surface area contributed by atoms with Gasteiger partial charge < -0.3 is 15.0 Å². The number of carbonyl (C=O) groups is 2. The molecule has 1 heterocycles. The van der Waals surface area contributed by atoms with Crippen molar-refractivity contribution in [3.8, 4) is 5.75 Å². The van der Waals surface area contributed by atoms with Gasteiger partial charge in [-0.25, -0.2) is 0 Å². The molecule has 3 rings (SSSR count). The Balaban J connectivity index is 1.57. The molecule has 154 valence electrons. The molecule has 0 aromatic heterocycles. The predicted octanol–water partition coefficient (Wildman–Crippen LogP) is 4.20. The van der Waals surface area contributed by atoms with Gasteiger partial charge in [0.05, 0.1) is 6.04 Å². The third kappa shape index (κ3) is 5.73. The number of hydrogen-bond acceptors (Lipinski definition) is 3. The molecule has 8 heteroatoms. The van der Waals surface area contributed by atoms with E-state index in [-0.39, 0.29) is 17.6 Å². The first-order valence-corrected chi connectivity index (χ1v) is 9.24. The second-order valence-corrected chi connectivity index (χ2v) is 6.93. The number of nitrogens with one attached hydrogen (secondary N) is 1. The highest BCUT2D eigenvalue weighted by Gasteiger charge is 2.31. The van der Waals surface area contributed by atoms with E-state index in [1.54, 1.807) is 24.0 Å². The van der Waals surface area contributed by atoms with Crippen molar-refractivity contribution in [2.24, 2.45) is 0 Å². The summed E-state index contributed by atoms with van der Waals surface area (Å²) in [5.41, 5.74) is 2.06. The van der Waals surface area contributed by atoms with E-state index in [1.165, 1.54) is 24.3 Å². The van der Waals surface area contributed by atoms with Crippen LogP contribution in [0.1, 0.15) is 47.3 Å². The van der Waals surface area contributed by atoms with Crippen LogP contribution in [0.15, 0.2) is 48.5 Å². The average molecular weight is 406 g/mol. The van der Waals surface area contributed by atoms with Gasteiger partial charge >= 0.3 is 6.36 Å². The highest BCUT2D eigenvalue weighted by atomic mass is 19.4. The number of alkyl halides is 3. The number of halogens is 3. The first-order chi connectivity index (χ1) is 13.7. The van der Waals surface area contributed by atoms with Gasteiger partial charge in [-0.2, -0.15) is 0 Å². The Morgan fingerprint density at radius 2 is 1.79 bits per heavy atom. The Kier molecular flexibility index (Phi) is 6.10. The van der Waals surface area contributed by atoms with Gasteiger partial charge in [-0.1, -0.05) is 24.3 Å². The second kappa shape index (κ2) is 8.55. The largest absolute Gasteiger partial charge is 0.573 e. The molecule has 1 atom stereocenters. The van der Waals surface area contributed by atoms with Gasteiger partial charge in [0.15, 0.2) is 0 Å². The van der Waals surface area contributed by atoms with Gasteiger partial charge in [0.1, 0.15) is 5.75 Å². The van der Waals surface area contributed by atoms with Crippen LogP contribution in [-0.4, -0.2) is 29.6 Å². The van der Waals surface area contributed by atoms with Crippen molar-refractivity contribution in [2.75, 3.05) is 6.54 Å². The van der Waals surface area contributed by atoms with Crippen LogP contribution >= 0.6 is 0 Å². The van der Waals surface area contributed by atoms with Crippen molar-refractivity contribution < 1.29 is 27.5 Å². The molecule has 1 aliphatic rings. The normalized spacial score (nSPS) is 15.3. The van der Waals surface area contributed by atoms with E-state index in [0.29, 0.717) is 24.1 Å². The van der Waals surface area contributed by atoms with Crippen molar-refractivity contribution in [1.29, 1.82) is 0 Å². The molecular formula is C21H21F3N2O3. The number of carbonyl (C=O) groups excluding carboxylic acids is 2. The highest BCUT2D eigenvalue weighted by Crippen LogP contribution is 2.24. The summed E-state index contributed by atoms with van der Waals surface area (Å²) in [6.07, 6.45) is -3.28. The molecule has 0 aliphatic carbocycles. The van der Waals surface area contributed by atoms with E-state index in [1.807, 2.05) is 12.1 Å². The van der Waals surface area contributed by atoms with Crippen LogP contribution in [0.25, 0.3) is 0 Å². The smallest absolute Gasteiger partial charge is 0.406 e. The molecule has 29 heavy (non-hydrogen) atoms. The van der Waals surface area contributed by atoms with E-state index in [0.717, 1.165) is 18.5 Å². The van der Waals surface area contributed by atoms with Crippen LogP contribution in [0.3, 0.4) is 0 Å². The number of hydrogen-bond donors (Lipinski definition) is 1. The summed E-state index contributed by atoms with van der Waals surface area (Å²) in [5.74, 6) is -0.462. The minimum absolute atomic E-state index is 0.146. The monoisotopic (exact) mass is 406 g/mol. The summed E-state index contributed by atoms with van der Waals surface area (Å²) >= 11 is 0. The summed E-state index contributed by atoms with van der Waals surface area (Å²) in [5, 5.41) is 2.81. The number of nitrogens with zero attached hydrogens (tertiary/aromatic N) is 1. The lowest BCUT2D eigenvalue weighted by molar-refractivity contribution is -0.274. The molecule has 5 nitrogen and oxygen atoms in total. The summed E-state index contributed by atoms with van der Waals surface area (Å²) in [4.78, 5) is 25.9. The fourth-order valence-corrected chi connectivity index (χ4v) is 3.17. The summed E-state index contributed by atoms with van der Waals surface area (Å²) in [6.45, 7) is 3.03. The number of ether oxygens (including phenoxy) is 1. The van der Waals surface area contributed by atoms with Crippen LogP contribution in [0.5, 0.6) is 5.75 Å². The van der Waals surface area contributed by atoms with Crippen LogP contribution in [0.4, 0.5) is 13.2 Å². The molecule has 0 spiro atoms. The molecule has 1 N–H and O–H groups in total. The Morgan fingerprint density at radius 3 is 2.34 bits per heavy atom. The minimum Gasteiger partial charge on any atom is -0.406 e. The quantitative estimate of drug-likeness (QED) is 0.782. The Morgan fingerprint density at radius 1 is 1.14 bits per heavy atom.